The van der Waals surface area contributed by atoms with E-state index < -0.39 is 0 Å². The van der Waals surface area contributed by atoms with Crippen LogP contribution in [0.4, 0.5) is 5.82 Å². The van der Waals surface area contributed by atoms with Gasteiger partial charge in [-0.15, -0.1) is 0 Å². The number of rotatable bonds is 7. The maximum Gasteiger partial charge on any atom is 0.229 e. The van der Waals surface area contributed by atoms with E-state index in [0.29, 0.717) is 5.71 Å². The molecule has 0 aromatic carbocycles. The molecule has 0 fully saturated rings. The van der Waals surface area contributed by atoms with E-state index in [9.17, 15) is 0 Å². The second kappa shape index (κ2) is 7.58. The van der Waals surface area contributed by atoms with Crippen molar-refractivity contribution in [3.8, 4) is 0 Å². The van der Waals surface area contributed by atoms with E-state index in [4.69, 9.17) is 9.40 Å². The van der Waals surface area contributed by atoms with Crippen LogP contribution in [0.3, 0.4) is 0 Å². The standard InChI is InChI=1S/C20H27N5O/c1-3-25(4-2)11-7-10-21-19-18-17(22-13-23-19)15-12-14-8-5-6-9-16(14)24-20(15)26-18/h12-13H,3-11H2,1-2H3,(H,21,22,23). The number of nitrogens with one attached hydrogen (secondary N) is 1. The van der Waals surface area contributed by atoms with E-state index in [1.54, 1.807) is 6.33 Å². The topological polar surface area (TPSA) is 67.1 Å². The highest BCUT2D eigenvalue weighted by Crippen LogP contribution is 2.32. The van der Waals surface area contributed by atoms with Crippen molar-refractivity contribution in [2.45, 2.75) is 46.0 Å². The van der Waals surface area contributed by atoms with Crippen LogP contribution in [-0.4, -0.2) is 46.0 Å². The summed E-state index contributed by atoms with van der Waals surface area (Å²) in [5.41, 5.74) is 4.80. The molecule has 1 aliphatic rings. The molecule has 0 aliphatic heterocycles. The average molecular weight is 353 g/mol. The van der Waals surface area contributed by atoms with Crippen molar-refractivity contribution in [3.05, 3.63) is 23.7 Å². The predicted octanol–water partition coefficient (Wildman–Crippen LogP) is 3.79. The summed E-state index contributed by atoms with van der Waals surface area (Å²) in [5.74, 6) is 0.769. The zero-order valence-electron chi connectivity index (χ0n) is 15.7. The van der Waals surface area contributed by atoms with Gasteiger partial charge in [-0.2, -0.15) is 0 Å². The summed E-state index contributed by atoms with van der Waals surface area (Å²) in [6, 6.07) is 2.22. The van der Waals surface area contributed by atoms with E-state index in [-0.39, 0.29) is 0 Å². The summed E-state index contributed by atoms with van der Waals surface area (Å²) < 4.78 is 6.06. The third-order valence-corrected chi connectivity index (χ3v) is 5.36. The van der Waals surface area contributed by atoms with Gasteiger partial charge in [-0.25, -0.2) is 15.0 Å². The number of hydrogen-bond acceptors (Lipinski definition) is 6. The Kier molecular flexibility index (Phi) is 5.02. The fourth-order valence-corrected chi connectivity index (χ4v) is 3.80. The van der Waals surface area contributed by atoms with Crippen molar-refractivity contribution in [2.24, 2.45) is 0 Å². The summed E-state index contributed by atoms with van der Waals surface area (Å²) >= 11 is 0. The second-order valence-electron chi connectivity index (χ2n) is 6.96. The molecule has 1 N–H and O–H groups in total. The van der Waals surface area contributed by atoms with Gasteiger partial charge in [0.1, 0.15) is 11.8 Å². The molecule has 3 aromatic heterocycles. The maximum atomic E-state index is 6.06. The molecule has 26 heavy (non-hydrogen) atoms. The highest BCUT2D eigenvalue weighted by molar-refractivity contribution is 6.04. The fraction of sp³-hybridized carbons (Fsp3) is 0.550. The van der Waals surface area contributed by atoms with E-state index in [1.807, 2.05) is 0 Å². The van der Waals surface area contributed by atoms with E-state index >= 15 is 0 Å². The molecular formula is C20H27N5O. The summed E-state index contributed by atoms with van der Waals surface area (Å²) in [4.78, 5) is 16.1. The Hall–Kier alpha value is -2.21. The van der Waals surface area contributed by atoms with Gasteiger partial charge in [0.2, 0.25) is 5.71 Å². The normalized spacial score (nSPS) is 14.3. The minimum absolute atomic E-state index is 0.687. The Morgan fingerprint density at radius 3 is 2.85 bits per heavy atom. The number of fused-ring (bicyclic) bond motifs is 4. The Bertz CT molecular complexity index is 900. The molecule has 0 radical (unpaired) electrons. The van der Waals surface area contributed by atoms with Gasteiger partial charge < -0.3 is 14.6 Å². The third-order valence-electron chi connectivity index (χ3n) is 5.36. The number of hydrogen-bond donors (Lipinski definition) is 1. The summed E-state index contributed by atoms with van der Waals surface area (Å²) in [5, 5.41) is 4.43. The van der Waals surface area contributed by atoms with Crippen molar-refractivity contribution in [1.29, 1.82) is 0 Å². The molecule has 0 saturated heterocycles. The van der Waals surface area contributed by atoms with Crippen molar-refractivity contribution in [3.63, 3.8) is 0 Å². The van der Waals surface area contributed by atoms with E-state index in [1.165, 1.54) is 24.1 Å². The number of pyridine rings is 1. The van der Waals surface area contributed by atoms with Gasteiger partial charge >= 0.3 is 0 Å². The van der Waals surface area contributed by atoms with Crippen LogP contribution in [0.1, 0.15) is 44.4 Å². The van der Waals surface area contributed by atoms with Crippen molar-refractivity contribution in [2.75, 3.05) is 31.5 Å². The second-order valence-corrected chi connectivity index (χ2v) is 6.96. The molecule has 6 nitrogen and oxygen atoms in total. The van der Waals surface area contributed by atoms with Gasteiger partial charge in [0.15, 0.2) is 11.4 Å². The van der Waals surface area contributed by atoms with Crippen molar-refractivity contribution < 1.29 is 4.42 Å². The number of aryl methyl sites for hydroxylation is 2. The summed E-state index contributed by atoms with van der Waals surface area (Å²) in [6.45, 7) is 8.53. The van der Waals surface area contributed by atoms with E-state index in [2.05, 4.69) is 40.1 Å². The molecule has 0 unspecified atom stereocenters. The maximum absolute atomic E-state index is 6.06. The molecule has 0 atom stereocenters. The molecule has 0 saturated carbocycles. The van der Waals surface area contributed by atoms with Crippen LogP contribution >= 0.6 is 0 Å². The summed E-state index contributed by atoms with van der Waals surface area (Å²) in [6.07, 6.45) is 7.29. The van der Waals surface area contributed by atoms with Crippen LogP contribution in [0, 0.1) is 0 Å². The summed E-state index contributed by atoms with van der Waals surface area (Å²) in [7, 11) is 0. The molecule has 1 aliphatic carbocycles. The number of furan rings is 1. The Labute approximate surface area is 154 Å². The molecule has 6 heteroatoms. The van der Waals surface area contributed by atoms with Crippen LogP contribution in [-0.2, 0) is 12.8 Å². The predicted molar refractivity (Wildman–Crippen MR) is 105 cm³/mol. The lowest BCUT2D eigenvalue weighted by atomic mass is 9.95. The quantitative estimate of drug-likeness (QED) is 0.652. The number of aromatic nitrogens is 3. The van der Waals surface area contributed by atoms with Gasteiger partial charge in [-0.3, -0.25) is 0 Å². The first kappa shape index (κ1) is 17.2. The van der Waals surface area contributed by atoms with Crippen LogP contribution in [0.2, 0.25) is 0 Å². The Morgan fingerprint density at radius 2 is 2.00 bits per heavy atom. The highest BCUT2D eigenvalue weighted by atomic mass is 16.3. The molecule has 3 aromatic rings. The molecule has 138 valence electrons. The zero-order chi connectivity index (χ0) is 17.9. The van der Waals surface area contributed by atoms with Crippen LogP contribution in [0.15, 0.2) is 16.8 Å². The SMILES string of the molecule is CCN(CC)CCCNc1ncnc2c1oc1nc3c(cc12)CCCC3. The lowest BCUT2D eigenvalue weighted by molar-refractivity contribution is 0.303. The van der Waals surface area contributed by atoms with E-state index in [0.717, 1.165) is 67.7 Å². The number of nitrogens with zero attached hydrogens (tertiary/aromatic N) is 4. The number of anilines is 1. The first-order valence-electron chi connectivity index (χ1n) is 9.82. The largest absolute Gasteiger partial charge is 0.432 e. The van der Waals surface area contributed by atoms with Gasteiger partial charge in [0.05, 0.1) is 5.39 Å². The molecular weight excluding hydrogens is 326 g/mol. The minimum Gasteiger partial charge on any atom is -0.432 e. The van der Waals surface area contributed by atoms with Gasteiger partial charge in [0.25, 0.3) is 0 Å². The zero-order valence-corrected chi connectivity index (χ0v) is 15.7. The van der Waals surface area contributed by atoms with Crippen molar-refractivity contribution in [1.82, 2.24) is 19.9 Å². The third kappa shape index (κ3) is 3.26. The van der Waals surface area contributed by atoms with Crippen LogP contribution < -0.4 is 5.32 Å². The van der Waals surface area contributed by atoms with Crippen LogP contribution in [0.25, 0.3) is 22.2 Å². The lowest BCUT2D eigenvalue weighted by Crippen LogP contribution is -2.25. The molecule has 0 amide bonds. The highest BCUT2D eigenvalue weighted by Gasteiger charge is 2.18. The molecule has 3 heterocycles. The first-order chi connectivity index (χ1) is 12.8. The molecule has 4 rings (SSSR count). The fourth-order valence-electron chi connectivity index (χ4n) is 3.80. The van der Waals surface area contributed by atoms with Gasteiger partial charge in [0, 0.05) is 12.2 Å². The molecule has 0 bridgehead atoms. The average Bonchev–Trinajstić information content (AvgIpc) is 3.04. The van der Waals surface area contributed by atoms with Crippen LogP contribution in [0.5, 0.6) is 0 Å². The first-order valence-corrected chi connectivity index (χ1v) is 9.82. The van der Waals surface area contributed by atoms with Gasteiger partial charge in [-0.05, 0) is 63.4 Å². The van der Waals surface area contributed by atoms with Crippen molar-refractivity contribution >= 4 is 28.0 Å². The Balaban J connectivity index is 1.58. The molecule has 0 spiro atoms. The Morgan fingerprint density at radius 1 is 1.15 bits per heavy atom. The monoisotopic (exact) mass is 353 g/mol. The smallest absolute Gasteiger partial charge is 0.229 e. The minimum atomic E-state index is 0.687. The lowest BCUT2D eigenvalue weighted by Gasteiger charge is -2.17. The van der Waals surface area contributed by atoms with Gasteiger partial charge in [-0.1, -0.05) is 13.8 Å².